The summed E-state index contributed by atoms with van der Waals surface area (Å²) in [5.74, 6) is -0.345. The quantitative estimate of drug-likeness (QED) is 0.940. The standard InChI is InChI=1S/C15H20N4O3/c1-5-10(16-14(21)22-15(2,3)4)13(20)19-12-9-7-6-8-11(12)17-18-19/h6-10H,5H2,1-4H3,(H,16,21)/t10-/m0/s1. The van der Waals surface area contributed by atoms with Crippen LogP contribution in [0.25, 0.3) is 11.0 Å². The van der Waals surface area contributed by atoms with Gasteiger partial charge in [-0.1, -0.05) is 24.3 Å². The van der Waals surface area contributed by atoms with Gasteiger partial charge in [0.25, 0.3) is 5.91 Å². The minimum atomic E-state index is -0.722. The molecule has 0 spiro atoms. The van der Waals surface area contributed by atoms with Crippen molar-refractivity contribution in [2.75, 3.05) is 0 Å². The zero-order valence-corrected chi connectivity index (χ0v) is 13.2. The molecule has 0 aliphatic rings. The summed E-state index contributed by atoms with van der Waals surface area (Å²) >= 11 is 0. The second-order valence-corrected chi connectivity index (χ2v) is 5.94. The molecule has 0 bridgehead atoms. The molecule has 1 atom stereocenters. The summed E-state index contributed by atoms with van der Waals surface area (Å²) in [6.45, 7) is 7.10. The number of ether oxygens (including phenoxy) is 1. The number of rotatable bonds is 3. The van der Waals surface area contributed by atoms with Gasteiger partial charge in [-0.25, -0.2) is 4.79 Å². The van der Waals surface area contributed by atoms with E-state index in [1.807, 2.05) is 6.07 Å². The van der Waals surface area contributed by atoms with E-state index in [4.69, 9.17) is 4.74 Å². The Labute approximate surface area is 128 Å². The lowest BCUT2D eigenvalue weighted by molar-refractivity contribution is 0.0479. The molecular weight excluding hydrogens is 284 g/mol. The predicted octanol–water partition coefficient (Wildman–Crippen LogP) is 2.37. The molecule has 7 heteroatoms. The number of benzene rings is 1. The molecule has 0 fully saturated rings. The third-order valence-electron chi connectivity index (χ3n) is 2.96. The summed E-state index contributed by atoms with van der Waals surface area (Å²) in [5.41, 5.74) is 0.616. The van der Waals surface area contributed by atoms with Crippen molar-refractivity contribution >= 4 is 23.0 Å². The Morgan fingerprint density at radius 2 is 2.00 bits per heavy atom. The monoisotopic (exact) mass is 304 g/mol. The van der Waals surface area contributed by atoms with Gasteiger partial charge in [0, 0.05) is 0 Å². The fourth-order valence-corrected chi connectivity index (χ4v) is 1.97. The van der Waals surface area contributed by atoms with E-state index in [-0.39, 0.29) is 5.91 Å². The number of nitrogens with zero attached hydrogens (tertiary/aromatic N) is 3. The van der Waals surface area contributed by atoms with E-state index in [0.29, 0.717) is 17.5 Å². The molecule has 2 rings (SSSR count). The molecule has 0 saturated carbocycles. The topological polar surface area (TPSA) is 86.1 Å². The number of fused-ring (bicyclic) bond motifs is 1. The van der Waals surface area contributed by atoms with Gasteiger partial charge in [0.05, 0.1) is 5.52 Å². The molecule has 0 aliphatic heterocycles. The fraction of sp³-hybridized carbons (Fsp3) is 0.467. The number of hydrogen-bond acceptors (Lipinski definition) is 5. The van der Waals surface area contributed by atoms with Crippen LogP contribution in [-0.2, 0) is 4.74 Å². The van der Waals surface area contributed by atoms with Crippen LogP contribution in [0.3, 0.4) is 0 Å². The van der Waals surface area contributed by atoms with E-state index in [1.165, 1.54) is 4.68 Å². The Bertz CT molecular complexity index is 687. The van der Waals surface area contributed by atoms with Gasteiger partial charge >= 0.3 is 6.09 Å². The van der Waals surface area contributed by atoms with Gasteiger partial charge in [0.2, 0.25) is 0 Å². The minimum Gasteiger partial charge on any atom is -0.444 e. The number of carbonyl (C=O) groups excluding carboxylic acids is 2. The summed E-state index contributed by atoms with van der Waals surface area (Å²) in [6, 6.07) is 6.43. The maximum absolute atomic E-state index is 12.5. The summed E-state index contributed by atoms with van der Waals surface area (Å²) in [4.78, 5) is 24.4. The first-order valence-corrected chi connectivity index (χ1v) is 7.16. The third kappa shape index (κ3) is 3.60. The van der Waals surface area contributed by atoms with Crippen molar-refractivity contribution in [3.8, 4) is 0 Å². The molecule has 1 aromatic carbocycles. The first kappa shape index (κ1) is 15.9. The van der Waals surface area contributed by atoms with Gasteiger partial charge in [0.1, 0.15) is 17.2 Å². The maximum atomic E-state index is 12.5. The van der Waals surface area contributed by atoms with Gasteiger partial charge in [-0.15, -0.1) is 5.10 Å². The number of aromatic nitrogens is 3. The Hall–Kier alpha value is -2.44. The lowest BCUT2D eigenvalue weighted by atomic mass is 10.2. The highest BCUT2D eigenvalue weighted by atomic mass is 16.6. The molecule has 7 nitrogen and oxygen atoms in total. The Kier molecular flexibility index (Phi) is 4.44. The Morgan fingerprint density at radius 3 is 2.64 bits per heavy atom. The molecule has 0 radical (unpaired) electrons. The fourth-order valence-electron chi connectivity index (χ4n) is 1.97. The second kappa shape index (κ2) is 6.13. The molecule has 0 aliphatic carbocycles. The number of carbonyl (C=O) groups is 2. The molecule has 1 N–H and O–H groups in total. The van der Waals surface area contributed by atoms with E-state index >= 15 is 0 Å². The van der Waals surface area contributed by atoms with Crippen molar-refractivity contribution in [1.82, 2.24) is 20.3 Å². The molecule has 118 valence electrons. The maximum Gasteiger partial charge on any atom is 0.408 e. The van der Waals surface area contributed by atoms with Crippen LogP contribution < -0.4 is 5.32 Å². The highest BCUT2D eigenvalue weighted by molar-refractivity contribution is 5.93. The number of amides is 1. The van der Waals surface area contributed by atoms with Crippen molar-refractivity contribution in [2.45, 2.75) is 45.8 Å². The first-order chi connectivity index (χ1) is 10.3. The van der Waals surface area contributed by atoms with Crippen molar-refractivity contribution in [1.29, 1.82) is 0 Å². The minimum absolute atomic E-state index is 0.345. The molecule has 0 unspecified atom stereocenters. The average molecular weight is 304 g/mol. The van der Waals surface area contributed by atoms with Crippen LogP contribution in [0.5, 0.6) is 0 Å². The number of para-hydroxylation sites is 1. The number of nitrogens with one attached hydrogen (secondary N) is 1. The molecule has 0 saturated heterocycles. The van der Waals surface area contributed by atoms with Crippen molar-refractivity contribution < 1.29 is 14.3 Å². The van der Waals surface area contributed by atoms with Gasteiger partial charge in [0.15, 0.2) is 0 Å². The first-order valence-electron chi connectivity index (χ1n) is 7.16. The van der Waals surface area contributed by atoms with Crippen LogP contribution in [0.2, 0.25) is 0 Å². The van der Waals surface area contributed by atoms with E-state index in [2.05, 4.69) is 15.6 Å². The highest BCUT2D eigenvalue weighted by Gasteiger charge is 2.25. The Balaban J connectivity index is 2.17. The van der Waals surface area contributed by atoms with Crippen LogP contribution in [0.15, 0.2) is 24.3 Å². The van der Waals surface area contributed by atoms with E-state index in [9.17, 15) is 9.59 Å². The van der Waals surface area contributed by atoms with Gasteiger partial charge < -0.3 is 10.1 Å². The summed E-state index contributed by atoms with van der Waals surface area (Å²) in [7, 11) is 0. The summed E-state index contributed by atoms with van der Waals surface area (Å²) in [5, 5.41) is 10.4. The molecule has 1 heterocycles. The van der Waals surface area contributed by atoms with Crippen LogP contribution in [0, 0.1) is 0 Å². The van der Waals surface area contributed by atoms with Crippen molar-refractivity contribution in [3.05, 3.63) is 24.3 Å². The number of hydrogen-bond donors (Lipinski definition) is 1. The molecular formula is C15H20N4O3. The molecule has 1 amide bonds. The molecule has 2 aromatic rings. The van der Waals surface area contributed by atoms with E-state index in [0.717, 1.165) is 0 Å². The zero-order valence-electron chi connectivity index (χ0n) is 13.2. The van der Waals surface area contributed by atoms with Crippen molar-refractivity contribution in [2.24, 2.45) is 0 Å². The second-order valence-electron chi connectivity index (χ2n) is 5.94. The lowest BCUT2D eigenvalue weighted by Crippen LogP contribution is -2.45. The highest BCUT2D eigenvalue weighted by Crippen LogP contribution is 2.12. The van der Waals surface area contributed by atoms with Crippen LogP contribution in [-0.4, -0.2) is 38.6 Å². The van der Waals surface area contributed by atoms with Gasteiger partial charge in [-0.05, 0) is 39.3 Å². The van der Waals surface area contributed by atoms with Gasteiger partial charge in [-0.3, -0.25) is 4.79 Å². The van der Waals surface area contributed by atoms with Gasteiger partial charge in [-0.2, -0.15) is 4.68 Å². The third-order valence-corrected chi connectivity index (χ3v) is 2.96. The Morgan fingerprint density at radius 1 is 1.32 bits per heavy atom. The normalized spacial score (nSPS) is 12.9. The summed E-state index contributed by atoms with van der Waals surface area (Å²) < 4.78 is 6.39. The van der Waals surface area contributed by atoms with Crippen LogP contribution in [0.1, 0.15) is 38.9 Å². The lowest BCUT2D eigenvalue weighted by Gasteiger charge is -2.22. The van der Waals surface area contributed by atoms with Crippen LogP contribution in [0.4, 0.5) is 4.79 Å². The summed E-state index contributed by atoms with van der Waals surface area (Å²) in [6.07, 6.45) is -0.205. The molecule has 22 heavy (non-hydrogen) atoms. The number of alkyl carbamates (subject to hydrolysis) is 1. The van der Waals surface area contributed by atoms with E-state index in [1.54, 1.807) is 45.9 Å². The van der Waals surface area contributed by atoms with E-state index < -0.39 is 17.7 Å². The predicted molar refractivity (Wildman–Crippen MR) is 81.6 cm³/mol. The smallest absolute Gasteiger partial charge is 0.408 e. The van der Waals surface area contributed by atoms with Crippen molar-refractivity contribution in [3.63, 3.8) is 0 Å². The largest absolute Gasteiger partial charge is 0.444 e. The van der Waals surface area contributed by atoms with Crippen LogP contribution >= 0.6 is 0 Å². The SMILES string of the molecule is CC[C@H](NC(=O)OC(C)(C)C)C(=O)n1nnc2ccccc21. The average Bonchev–Trinajstić information content (AvgIpc) is 2.86. The molecule has 1 aromatic heterocycles. The zero-order chi connectivity index (χ0) is 16.3.